The molecular weight excluding hydrogens is 336 g/mol. The summed E-state index contributed by atoms with van der Waals surface area (Å²) >= 11 is 0. The van der Waals surface area contributed by atoms with Crippen molar-refractivity contribution >= 4 is 23.3 Å². The third-order valence-corrected chi connectivity index (χ3v) is 4.18. The Kier molecular flexibility index (Phi) is 7.68. The van der Waals surface area contributed by atoms with Crippen molar-refractivity contribution in [2.24, 2.45) is 0 Å². The van der Waals surface area contributed by atoms with Crippen LogP contribution in [0.3, 0.4) is 0 Å². The first kappa shape index (κ1) is 20.0. The quantitative estimate of drug-likeness (QED) is 0.722. The minimum absolute atomic E-state index is 0.145. The molecule has 144 valence electrons. The molecule has 0 atom stereocenters. The van der Waals surface area contributed by atoms with E-state index in [1.54, 1.807) is 23.1 Å². The molecule has 0 aliphatic carbocycles. The maximum Gasteiger partial charge on any atom is 0.321 e. The van der Waals surface area contributed by atoms with E-state index in [0.717, 1.165) is 32.8 Å². The number of nitrogens with one attached hydrogen (secondary N) is 2. The van der Waals surface area contributed by atoms with Crippen molar-refractivity contribution in [1.82, 2.24) is 9.80 Å². The molecule has 1 aromatic rings. The lowest BCUT2D eigenvalue weighted by Crippen LogP contribution is -2.50. The number of carbonyl (C=O) groups is 2. The van der Waals surface area contributed by atoms with Gasteiger partial charge in [0.2, 0.25) is 5.91 Å². The summed E-state index contributed by atoms with van der Waals surface area (Å²) in [6.45, 7) is 8.77. The average molecular weight is 364 g/mol. The Morgan fingerprint density at radius 1 is 1.15 bits per heavy atom. The summed E-state index contributed by atoms with van der Waals surface area (Å²) in [5, 5.41) is 5.58. The van der Waals surface area contributed by atoms with Gasteiger partial charge in [0.05, 0.1) is 19.4 Å². The first-order chi connectivity index (χ1) is 12.5. The van der Waals surface area contributed by atoms with E-state index in [9.17, 15) is 9.59 Å². The van der Waals surface area contributed by atoms with Crippen LogP contribution in [0.1, 0.15) is 13.8 Å². The minimum Gasteiger partial charge on any atom is -0.495 e. The number of nitrogens with zero attached hydrogens (tertiary/aromatic N) is 2. The van der Waals surface area contributed by atoms with Crippen LogP contribution >= 0.6 is 0 Å². The van der Waals surface area contributed by atoms with Crippen molar-refractivity contribution in [2.45, 2.75) is 13.8 Å². The third kappa shape index (κ3) is 5.89. The van der Waals surface area contributed by atoms with Gasteiger partial charge in [-0.3, -0.25) is 9.69 Å². The van der Waals surface area contributed by atoms with E-state index in [4.69, 9.17) is 9.47 Å². The summed E-state index contributed by atoms with van der Waals surface area (Å²) in [5.41, 5.74) is 1.14. The predicted molar refractivity (Wildman–Crippen MR) is 101 cm³/mol. The topological polar surface area (TPSA) is 83.1 Å². The van der Waals surface area contributed by atoms with E-state index < -0.39 is 0 Å². The van der Waals surface area contributed by atoms with Crippen LogP contribution in [-0.4, -0.2) is 74.8 Å². The predicted octanol–water partition coefficient (Wildman–Crippen LogP) is 1.84. The molecule has 0 saturated carbocycles. The summed E-state index contributed by atoms with van der Waals surface area (Å²) in [6, 6.07) is 5.01. The number of hydrogen-bond acceptors (Lipinski definition) is 5. The van der Waals surface area contributed by atoms with Crippen LogP contribution in [0.5, 0.6) is 5.75 Å². The molecule has 1 fully saturated rings. The first-order valence-electron chi connectivity index (χ1n) is 8.85. The van der Waals surface area contributed by atoms with E-state index in [2.05, 4.69) is 15.5 Å². The molecule has 26 heavy (non-hydrogen) atoms. The molecule has 0 bridgehead atoms. The lowest BCUT2D eigenvalue weighted by Gasteiger charge is -2.34. The highest BCUT2D eigenvalue weighted by Gasteiger charge is 2.21. The van der Waals surface area contributed by atoms with Gasteiger partial charge in [0.1, 0.15) is 5.75 Å². The van der Waals surface area contributed by atoms with Crippen molar-refractivity contribution in [2.75, 3.05) is 63.7 Å². The number of methoxy groups -OCH3 is 1. The molecule has 0 spiro atoms. The molecule has 0 unspecified atom stereocenters. The number of ether oxygens (including phenoxy) is 2. The molecule has 1 aliphatic heterocycles. The first-order valence-corrected chi connectivity index (χ1v) is 8.85. The minimum atomic E-state index is -0.199. The molecule has 1 heterocycles. The molecule has 1 aliphatic rings. The molecule has 3 amide bonds. The zero-order chi connectivity index (χ0) is 18.9. The summed E-state index contributed by atoms with van der Waals surface area (Å²) in [4.78, 5) is 27.9. The number of hydrogen-bond donors (Lipinski definition) is 2. The number of carbonyl (C=O) groups excluding carboxylic acids is 2. The largest absolute Gasteiger partial charge is 0.495 e. The SMILES string of the molecule is CCOCCN1CCN(C(=O)Nc2ccc(OC)c(NC(C)=O)c2)CC1. The fourth-order valence-corrected chi connectivity index (χ4v) is 2.79. The second-order valence-corrected chi connectivity index (χ2v) is 6.05. The number of amides is 3. The van der Waals surface area contributed by atoms with E-state index >= 15 is 0 Å². The van der Waals surface area contributed by atoms with Gasteiger partial charge < -0.3 is 25.0 Å². The second kappa shape index (κ2) is 9.98. The third-order valence-electron chi connectivity index (χ3n) is 4.18. The summed E-state index contributed by atoms with van der Waals surface area (Å²) in [6.07, 6.45) is 0. The highest BCUT2D eigenvalue weighted by molar-refractivity contribution is 5.94. The van der Waals surface area contributed by atoms with Crippen LogP contribution in [0.15, 0.2) is 18.2 Å². The van der Waals surface area contributed by atoms with Crippen molar-refractivity contribution in [1.29, 1.82) is 0 Å². The zero-order valence-corrected chi connectivity index (χ0v) is 15.7. The Hall–Kier alpha value is -2.32. The maximum atomic E-state index is 12.5. The Bertz CT molecular complexity index is 615. The summed E-state index contributed by atoms with van der Waals surface area (Å²) in [5.74, 6) is 0.344. The Morgan fingerprint density at radius 3 is 2.50 bits per heavy atom. The molecule has 1 saturated heterocycles. The van der Waals surface area contributed by atoms with Crippen LogP contribution in [0.2, 0.25) is 0 Å². The number of piperazine rings is 1. The Morgan fingerprint density at radius 2 is 1.88 bits per heavy atom. The van der Waals surface area contributed by atoms with Crippen molar-refractivity contribution in [3.05, 3.63) is 18.2 Å². The molecule has 2 rings (SSSR count). The molecule has 8 nitrogen and oxygen atoms in total. The molecule has 1 aromatic carbocycles. The zero-order valence-electron chi connectivity index (χ0n) is 15.7. The van der Waals surface area contributed by atoms with E-state index in [1.165, 1.54) is 14.0 Å². The van der Waals surface area contributed by atoms with Gasteiger partial charge in [0, 0.05) is 51.9 Å². The van der Waals surface area contributed by atoms with Crippen LogP contribution in [0, 0.1) is 0 Å². The van der Waals surface area contributed by atoms with Gasteiger partial charge in [-0.1, -0.05) is 0 Å². The van der Waals surface area contributed by atoms with Crippen LogP contribution in [0.25, 0.3) is 0 Å². The molecule has 8 heteroatoms. The normalized spacial score (nSPS) is 14.8. The highest BCUT2D eigenvalue weighted by Crippen LogP contribution is 2.28. The second-order valence-electron chi connectivity index (χ2n) is 6.05. The average Bonchev–Trinajstić information content (AvgIpc) is 2.62. The Labute approximate surface area is 154 Å². The van der Waals surface area contributed by atoms with Gasteiger partial charge in [0.25, 0.3) is 0 Å². The molecule has 0 radical (unpaired) electrons. The van der Waals surface area contributed by atoms with Gasteiger partial charge in [-0.25, -0.2) is 4.79 Å². The molecular formula is C18H28N4O4. The maximum absolute atomic E-state index is 12.5. The van der Waals surface area contributed by atoms with Gasteiger partial charge >= 0.3 is 6.03 Å². The van der Waals surface area contributed by atoms with Gasteiger partial charge in [0.15, 0.2) is 0 Å². The van der Waals surface area contributed by atoms with Crippen molar-refractivity contribution in [3.8, 4) is 5.75 Å². The van der Waals surface area contributed by atoms with E-state index in [-0.39, 0.29) is 11.9 Å². The van der Waals surface area contributed by atoms with Crippen LogP contribution in [-0.2, 0) is 9.53 Å². The monoisotopic (exact) mass is 364 g/mol. The summed E-state index contributed by atoms with van der Waals surface area (Å²) < 4.78 is 10.6. The van der Waals surface area contributed by atoms with Gasteiger partial charge in [-0.05, 0) is 25.1 Å². The van der Waals surface area contributed by atoms with Gasteiger partial charge in [-0.2, -0.15) is 0 Å². The summed E-state index contributed by atoms with van der Waals surface area (Å²) in [7, 11) is 1.53. The number of rotatable bonds is 7. The lowest BCUT2D eigenvalue weighted by molar-refractivity contribution is -0.114. The van der Waals surface area contributed by atoms with E-state index in [0.29, 0.717) is 30.2 Å². The number of benzene rings is 1. The smallest absolute Gasteiger partial charge is 0.321 e. The van der Waals surface area contributed by atoms with Crippen LogP contribution in [0.4, 0.5) is 16.2 Å². The lowest BCUT2D eigenvalue weighted by atomic mass is 10.2. The fraction of sp³-hybridized carbons (Fsp3) is 0.556. The number of anilines is 2. The fourth-order valence-electron chi connectivity index (χ4n) is 2.79. The van der Waals surface area contributed by atoms with Crippen LogP contribution < -0.4 is 15.4 Å². The van der Waals surface area contributed by atoms with Crippen molar-refractivity contribution < 1.29 is 19.1 Å². The standard InChI is InChI=1S/C18H28N4O4/c1-4-26-12-11-21-7-9-22(10-8-21)18(24)20-15-5-6-17(25-3)16(13-15)19-14(2)23/h5-6,13H,4,7-12H2,1-3H3,(H,19,23)(H,20,24). The number of urea groups is 1. The molecule has 0 aromatic heterocycles. The van der Waals surface area contributed by atoms with Crippen molar-refractivity contribution in [3.63, 3.8) is 0 Å². The molecule has 2 N–H and O–H groups in total. The van der Waals surface area contributed by atoms with Gasteiger partial charge in [-0.15, -0.1) is 0 Å². The highest BCUT2D eigenvalue weighted by atomic mass is 16.5. The van der Waals surface area contributed by atoms with E-state index in [1.807, 2.05) is 6.92 Å². The Balaban J connectivity index is 1.89.